The van der Waals surface area contributed by atoms with E-state index < -0.39 is 45.0 Å². The molecule has 5 aromatic rings. The number of hydrogen-bond acceptors (Lipinski definition) is 5. The summed E-state index contributed by atoms with van der Waals surface area (Å²) in [6.07, 6.45) is 5.85. The van der Waals surface area contributed by atoms with Gasteiger partial charge in [-0.15, -0.1) is 0 Å². The van der Waals surface area contributed by atoms with Crippen molar-refractivity contribution < 1.29 is 22.7 Å². The summed E-state index contributed by atoms with van der Waals surface area (Å²) in [5.41, 5.74) is 1.94. The van der Waals surface area contributed by atoms with Gasteiger partial charge in [-0.05, 0) is 104 Å². The largest absolute Gasteiger partial charge is 0.494 e. The number of rotatable bonds is 3. The number of halogens is 1. The van der Waals surface area contributed by atoms with Crippen molar-refractivity contribution in [3.05, 3.63) is 96.2 Å². The predicted octanol–water partition coefficient (Wildman–Crippen LogP) is 5.41. The topological polar surface area (TPSA) is 49.8 Å². The second-order valence-electron chi connectivity index (χ2n) is 15.4. The highest BCUT2D eigenvalue weighted by atomic mass is 28.4. The Balaban J connectivity index is 1.40. The summed E-state index contributed by atoms with van der Waals surface area (Å²) in [4.78, 5) is 4.82. The lowest BCUT2D eigenvalue weighted by Crippen LogP contribution is -2.66. The molecule has 0 N–H and O–H groups in total. The van der Waals surface area contributed by atoms with Crippen molar-refractivity contribution in [2.24, 2.45) is 0 Å². The maximum atomic E-state index is 19.7. The van der Waals surface area contributed by atoms with Crippen LogP contribution in [0.1, 0.15) is 66.5 Å². The Morgan fingerprint density at radius 1 is 0.562 bits per heavy atom. The molecule has 242 valence electrons. The van der Waals surface area contributed by atoms with Gasteiger partial charge in [0.25, 0.3) is 0 Å². The average molecular weight is 655 g/mol. The minimum atomic E-state index is -4.32. The lowest BCUT2D eigenvalue weighted by Gasteiger charge is -2.32. The molecule has 4 aromatic carbocycles. The van der Waals surface area contributed by atoms with Gasteiger partial charge in [0, 0.05) is 17.0 Å². The highest BCUT2D eigenvalue weighted by Gasteiger charge is 2.54. The van der Waals surface area contributed by atoms with Crippen molar-refractivity contribution in [3.63, 3.8) is 0 Å². The first-order chi connectivity index (χ1) is 22.6. The van der Waals surface area contributed by atoms with E-state index >= 15 is 4.11 Å². The fourth-order valence-electron chi connectivity index (χ4n) is 7.10. The summed E-state index contributed by atoms with van der Waals surface area (Å²) in [5, 5.41) is 4.72. The van der Waals surface area contributed by atoms with Gasteiger partial charge in [-0.1, -0.05) is 84.9 Å². The van der Waals surface area contributed by atoms with E-state index in [4.69, 9.17) is 23.6 Å². The van der Waals surface area contributed by atoms with E-state index in [0.717, 1.165) is 43.7 Å². The van der Waals surface area contributed by atoms with Crippen LogP contribution < -0.4 is 26.5 Å². The molecule has 2 saturated heterocycles. The zero-order chi connectivity index (χ0) is 33.9. The van der Waals surface area contributed by atoms with Gasteiger partial charge < -0.3 is 18.6 Å². The fraction of sp³-hybridized carbons (Fsp3) is 0.308. The third-order valence-electron chi connectivity index (χ3n) is 11.4. The normalized spacial score (nSPS) is 21.4. The maximum absolute atomic E-state index is 19.7. The minimum absolute atomic E-state index is 0.529. The van der Waals surface area contributed by atoms with Crippen LogP contribution in [0.3, 0.4) is 0 Å². The van der Waals surface area contributed by atoms with Crippen LogP contribution in [0, 0.1) is 0 Å². The van der Waals surface area contributed by atoms with E-state index in [1.54, 1.807) is 6.20 Å². The number of hydrogen-bond donors (Lipinski definition) is 0. The van der Waals surface area contributed by atoms with Gasteiger partial charge in [0.1, 0.15) is 0 Å². The number of nitrogens with zero attached hydrogens (tertiary/aromatic N) is 1. The van der Waals surface area contributed by atoms with Gasteiger partial charge in [-0.25, -0.2) is 0 Å². The zero-order valence-electron chi connectivity index (χ0n) is 28.9. The summed E-state index contributed by atoms with van der Waals surface area (Å²) in [5.74, 6) is 0. The van der Waals surface area contributed by atoms with E-state index in [-0.39, 0.29) is 0 Å². The third kappa shape index (κ3) is 4.62. The van der Waals surface area contributed by atoms with E-state index in [0.29, 0.717) is 15.6 Å². The maximum Gasteiger partial charge on any atom is 0.494 e. The SMILES string of the molecule is CC1(C)OB(c2ccc3c(c2)[Si](F)(c2cccc4ccc5cccnc5c24)c2cc(B4OC(C)(C)C(C)(C)O4)ccc2C=C3)OC1(C)C. The Morgan fingerprint density at radius 3 is 1.56 bits per heavy atom. The molecule has 0 spiro atoms. The van der Waals surface area contributed by atoms with Crippen LogP contribution in [0.4, 0.5) is 4.11 Å². The summed E-state index contributed by atoms with van der Waals surface area (Å²) in [6, 6.07) is 26.1. The molecule has 0 amide bonds. The van der Waals surface area contributed by atoms with E-state index in [1.165, 1.54) is 0 Å². The number of pyridine rings is 1. The summed E-state index contributed by atoms with van der Waals surface area (Å²) in [7, 11) is -5.57. The van der Waals surface area contributed by atoms with E-state index in [1.807, 2.05) is 134 Å². The van der Waals surface area contributed by atoms with Crippen molar-refractivity contribution in [2.75, 3.05) is 0 Å². The monoisotopic (exact) mass is 655 g/mol. The van der Waals surface area contributed by atoms with Crippen LogP contribution in [-0.4, -0.2) is 50.0 Å². The van der Waals surface area contributed by atoms with Crippen molar-refractivity contribution in [1.82, 2.24) is 4.98 Å². The van der Waals surface area contributed by atoms with Gasteiger partial charge in [0.05, 0.1) is 27.9 Å². The molecule has 0 aliphatic carbocycles. The fourth-order valence-corrected chi connectivity index (χ4v) is 10.8. The quantitative estimate of drug-likeness (QED) is 0.148. The van der Waals surface area contributed by atoms with Crippen LogP contribution in [0.15, 0.2) is 85.1 Å². The summed E-state index contributed by atoms with van der Waals surface area (Å²) < 4.78 is 45.6. The van der Waals surface area contributed by atoms with Crippen LogP contribution in [-0.2, 0) is 18.6 Å². The first-order valence-electron chi connectivity index (χ1n) is 16.8. The molecule has 0 atom stereocenters. The van der Waals surface area contributed by atoms with E-state index in [2.05, 4.69) is 12.1 Å². The molecule has 1 aromatic heterocycles. The first kappa shape index (κ1) is 31.7. The Hall–Kier alpha value is -3.59. The van der Waals surface area contributed by atoms with Crippen LogP contribution in [0.2, 0.25) is 0 Å². The molecule has 9 heteroatoms. The summed E-state index contributed by atoms with van der Waals surface area (Å²) in [6.45, 7) is 16.3. The number of benzene rings is 4. The summed E-state index contributed by atoms with van der Waals surface area (Å²) >= 11 is 0. The van der Waals surface area contributed by atoms with E-state index in [9.17, 15) is 0 Å². The van der Waals surface area contributed by atoms with Gasteiger partial charge in [-0.2, -0.15) is 0 Å². The Morgan fingerprint density at radius 2 is 1.04 bits per heavy atom. The standard InChI is InChI=1S/C39H40B2FNO4Si/c1-36(2)37(3,4)45-40(44-36)29-20-18-25-14-15-26-19-21-30(41-46-38(5,6)39(7,8)47-41)24-33(26)48(42,32(25)23-29)31-13-9-11-27-16-17-28-12-10-22-43-35(28)34(27)31/h9-24H,1-8H3. The minimum Gasteiger partial charge on any atom is -0.399 e. The molecule has 3 aliphatic heterocycles. The third-order valence-corrected chi connectivity index (χ3v) is 14.9. The Labute approximate surface area is 283 Å². The van der Waals surface area contributed by atoms with Gasteiger partial charge in [0.15, 0.2) is 0 Å². The Kier molecular flexibility index (Phi) is 6.90. The number of aromatic nitrogens is 1. The predicted molar refractivity (Wildman–Crippen MR) is 198 cm³/mol. The molecular formula is C39H40B2FNO4Si. The highest BCUT2D eigenvalue weighted by Crippen LogP contribution is 2.38. The van der Waals surface area contributed by atoms with Crippen LogP contribution in [0.25, 0.3) is 33.8 Å². The molecule has 0 bridgehead atoms. The molecule has 3 aliphatic rings. The smallest absolute Gasteiger partial charge is 0.399 e. The highest BCUT2D eigenvalue weighted by molar-refractivity contribution is 7.09. The molecule has 0 unspecified atom stereocenters. The molecule has 2 fully saturated rings. The van der Waals surface area contributed by atoms with Crippen molar-refractivity contribution in [2.45, 2.75) is 77.8 Å². The lowest BCUT2D eigenvalue weighted by molar-refractivity contribution is 0.00578. The second kappa shape index (κ2) is 10.5. The average Bonchev–Trinajstić information content (AvgIpc) is 3.35. The van der Waals surface area contributed by atoms with Gasteiger partial charge in [0.2, 0.25) is 0 Å². The van der Waals surface area contributed by atoms with Crippen molar-refractivity contribution >= 4 is 83.0 Å². The molecule has 5 nitrogen and oxygen atoms in total. The van der Waals surface area contributed by atoms with Crippen molar-refractivity contribution in [1.29, 1.82) is 0 Å². The van der Waals surface area contributed by atoms with Gasteiger partial charge >= 0.3 is 22.6 Å². The molecule has 0 radical (unpaired) electrons. The molecule has 8 rings (SSSR count). The second-order valence-corrected chi connectivity index (χ2v) is 18.3. The number of fused-ring (bicyclic) bond motifs is 5. The van der Waals surface area contributed by atoms with Crippen LogP contribution >= 0.6 is 0 Å². The molecule has 48 heavy (non-hydrogen) atoms. The Bertz CT molecular complexity index is 2040. The van der Waals surface area contributed by atoms with Crippen LogP contribution in [0.5, 0.6) is 0 Å². The van der Waals surface area contributed by atoms with Crippen molar-refractivity contribution in [3.8, 4) is 0 Å². The first-order valence-corrected chi connectivity index (χ1v) is 18.6. The zero-order valence-corrected chi connectivity index (χ0v) is 29.9. The van der Waals surface area contributed by atoms with Gasteiger partial charge in [-0.3, -0.25) is 9.09 Å². The lowest BCUT2D eigenvalue weighted by atomic mass is 9.78. The molecule has 4 heterocycles. The molecule has 0 saturated carbocycles. The molecular weight excluding hydrogens is 615 g/mol.